The third kappa shape index (κ3) is 6.32. The van der Waals surface area contributed by atoms with E-state index in [9.17, 15) is 4.79 Å². The number of carbonyl (C=O) groups is 1. The van der Waals surface area contributed by atoms with Crippen molar-refractivity contribution < 1.29 is 19.0 Å². The molecule has 0 aromatic carbocycles. The Labute approximate surface area is 128 Å². The van der Waals surface area contributed by atoms with Crippen molar-refractivity contribution in [3.63, 3.8) is 0 Å². The summed E-state index contributed by atoms with van der Waals surface area (Å²) in [4.78, 5) is 11.9. The molecule has 0 unspecified atom stereocenters. The van der Waals surface area contributed by atoms with Crippen molar-refractivity contribution in [1.29, 1.82) is 0 Å². The third-order valence-electron chi connectivity index (χ3n) is 3.88. The Balaban J connectivity index is 2.79. The molecule has 1 rings (SSSR count). The first-order valence-electron chi connectivity index (χ1n) is 8.11. The van der Waals surface area contributed by atoms with Gasteiger partial charge in [0.05, 0.1) is 19.3 Å². The number of hydrogen-bond donors (Lipinski definition) is 1. The molecule has 0 aromatic rings. The van der Waals surface area contributed by atoms with E-state index >= 15 is 0 Å². The molecule has 0 aliphatic carbocycles. The first-order valence-corrected chi connectivity index (χ1v) is 8.11. The Kier molecular flexibility index (Phi) is 8.22. The molecule has 1 heterocycles. The molecule has 5 nitrogen and oxygen atoms in total. The van der Waals surface area contributed by atoms with Gasteiger partial charge in [-0.2, -0.15) is 0 Å². The molecule has 21 heavy (non-hydrogen) atoms. The summed E-state index contributed by atoms with van der Waals surface area (Å²) in [6, 6.07) is -0.705. The maximum absolute atomic E-state index is 11.9. The number of esters is 1. The van der Waals surface area contributed by atoms with Crippen LogP contribution < -0.4 is 5.73 Å². The summed E-state index contributed by atoms with van der Waals surface area (Å²) in [5, 5.41) is 0. The van der Waals surface area contributed by atoms with E-state index in [0.29, 0.717) is 19.1 Å². The number of nitrogens with two attached hydrogens (primary N) is 1. The summed E-state index contributed by atoms with van der Waals surface area (Å²) in [6.07, 6.45) is 2.74. The molecule has 4 atom stereocenters. The van der Waals surface area contributed by atoms with Gasteiger partial charge in [0.15, 0.2) is 0 Å². The normalized spacial score (nSPS) is 31.4. The highest BCUT2D eigenvalue weighted by Crippen LogP contribution is 2.25. The van der Waals surface area contributed by atoms with Gasteiger partial charge in [0.1, 0.15) is 12.1 Å². The van der Waals surface area contributed by atoms with Crippen molar-refractivity contribution in [2.75, 3.05) is 19.8 Å². The topological polar surface area (TPSA) is 70.8 Å². The smallest absolute Gasteiger partial charge is 0.325 e. The highest BCUT2D eigenvalue weighted by molar-refractivity contribution is 5.75. The van der Waals surface area contributed by atoms with E-state index in [1.54, 1.807) is 0 Å². The zero-order valence-corrected chi connectivity index (χ0v) is 13.8. The zero-order valence-electron chi connectivity index (χ0n) is 13.8. The molecule has 0 spiro atoms. The van der Waals surface area contributed by atoms with Gasteiger partial charge in [-0.05, 0) is 25.7 Å². The predicted molar refractivity (Wildman–Crippen MR) is 81.9 cm³/mol. The standard InChI is InChI=1S/C16H31NO4/c1-5-8-20-15-10-19-9-14(17)16(18)21-12(4)13(15)7-6-11(2)3/h11-15H,5-10,17H2,1-4H3/t12-,13-,14-,15-/m0/s1. The summed E-state index contributed by atoms with van der Waals surface area (Å²) in [6.45, 7) is 9.76. The fraction of sp³-hybridized carbons (Fsp3) is 0.938. The van der Waals surface area contributed by atoms with Gasteiger partial charge >= 0.3 is 5.97 Å². The van der Waals surface area contributed by atoms with Gasteiger partial charge in [-0.3, -0.25) is 4.79 Å². The van der Waals surface area contributed by atoms with Crippen molar-refractivity contribution in [2.45, 2.75) is 65.2 Å². The quantitative estimate of drug-likeness (QED) is 0.761. The average molecular weight is 301 g/mol. The number of carbonyl (C=O) groups excluding carboxylic acids is 1. The Bertz CT molecular complexity index is 309. The highest BCUT2D eigenvalue weighted by Gasteiger charge is 2.33. The Morgan fingerprint density at radius 3 is 2.71 bits per heavy atom. The summed E-state index contributed by atoms with van der Waals surface area (Å²) < 4.78 is 17.0. The maximum atomic E-state index is 11.9. The Hall–Kier alpha value is -0.650. The molecule has 5 heteroatoms. The number of rotatable bonds is 6. The second kappa shape index (κ2) is 9.38. The van der Waals surface area contributed by atoms with Gasteiger partial charge in [-0.1, -0.05) is 27.2 Å². The predicted octanol–water partition coefficient (Wildman–Crippen LogP) is 2.12. The second-order valence-electron chi connectivity index (χ2n) is 6.33. The van der Waals surface area contributed by atoms with Gasteiger partial charge in [0.2, 0.25) is 0 Å². The molecule has 1 fully saturated rings. The lowest BCUT2D eigenvalue weighted by Crippen LogP contribution is -2.39. The van der Waals surface area contributed by atoms with Gasteiger partial charge in [-0.15, -0.1) is 0 Å². The summed E-state index contributed by atoms with van der Waals surface area (Å²) in [5.74, 6) is 0.372. The van der Waals surface area contributed by atoms with Crippen LogP contribution in [-0.2, 0) is 19.0 Å². The van der Waals surface area contributed by atoms with Gasteiger partial charge < -0.3 is 19.9 Å². The summed E-state index contributed by atoms with van der Waals surface area (Å²) >= 11 is 0. The largest absolute Gasteiger partial charge is 0.461 e. The van der Waals surface area contributed by atoms with Crippen LogP contribution in [0.1, 0.15) is 47.0 Å². The molecule has 0 radical (unpaired) electrons. The SMILES string of the molecule is CCCO[C@H]1COC[C@H](N)C(=O)O[C@@H](C)[C@@H]1CCC(C)C. The molecular weight excluding hydrogens is 270 g/mol. The van der Waals surface area contributed by atoms with Crippen molar-refractivity contribution in [3.05, 3.63) is 0 Å². The first kappa shape index (κ1) is 18.4. The summed E-state index contributed by atoms with van der Waals surface area (Å²) in [5.41, 5.74) is 5.75. The molecule has 2 N–H and O–H groups in total. The monoisotopic (exact) mass is 301 g/mol. The van der Waals surface area contributed by atoms with Gasteiger partial charge in [-0.25, -0.2) is 0 Å². The van der Waals surface area contributed by atoms with E-state index < -0.39 is 6.04 Å². The number of cyclic esters (lactones) is 1. The van der Waals surface area contributed by atoms with Crippen LogP contribution in [-0.4, -0.2) is 44.0 Å². The molecule has 0 amide bonds. The van der Waals surface area contributed by atoms with Crippen LogP contribution in [0.25, 0.3) is 0 Å². The minimum Gasteiger partial charge on any atom is -0.461 e. The second-order valence-corrected chi connectivity index (χ2v) is 6.33. The van der Waals surface area contributed by atoms with Crippen molar-refractivity contribution in [2.24, 2.45) is 17.6 Å². The van der Waals surface area contributed by atoms with Crippen molar-refractivity contribution in [3.8, 4) is 0 Å². The van der Waals surface area contributed by atoms with E-state index in [-0.39, 0.29) is 30.7 Å². The van der Waals surface area contributed by atoms with E-state index in [2.05, 4.69) is 20.8 Å². The highest BCUT2D eigenvalue weighted by atomic mass is 16.6. The molecule has 1 aliphatic rings. The van der Waals surface area contributed by atoms with E-state index in [4.69, 9.17) is 19.9 Å². The van der Waals surface area contributed by atoms with E-state index in [1.165, 1.54) is 0 Å². The van der Waals surface area contributed by atoms with Crippen LogP contribution in [0.2, 0.25) is 0 Å². The Morgan fingerprint density at radius 1 is 1.38 bits per heavy atom. The maximum Gasteiger partial charge on any atom is 0.325 e. The van der Waals surface area contributed by atoms with E-state index in [0.717, 1.165) is 19.3 Å². The van der Waals surface area contributed by atoms with Crippen LogP contribution in [0.3, 0.4) is 0 Å². The minimum atomic E-state index is -0.705. The van der Waals surface area contributed by atoms with Gasteiger partial charge in [0, 0.05) is 12.5 Å². The van der Waals surface area contributed by atoms with Crippen LogP contribution >= 0.6 is 0 Å². The third-order valence-corrected chi connectivity index (χ3v) is 3.88. The molecule has 0 bridgehead atoms. The average Bonchev–Trinajstić information content (AvgIpc) is 2.46. The lowest BCUT2D eigenvalue weighted by atomic mass is 9.89. The number of hydrogen-bond acceptors (Lipinski definition) is 5. The molecule has 124 valence electrons. The van der Waals surface area contributed by atoms with Crippen LogP contribution in [0.5, 0.6) is 0 Å². The summed E-state index contributed by atoms with van der Waals surface area (Å²) in [7, 11) is 0. The fourth-order valence-electron chi connectivity index (χ4n) is 2.55. The molecule has 1 aliphatic heterocycles. The fourth-order valence-corrected chi connectivity index (χ4v) is 2.55. The van der Waals surface area contributed by atoms with E-state index in [1.807, 2.05) is 6.92 Å². The lowest BCUT2D eigenvalue weighted by Gasteiger charge is -2.31. The van der Waals surface area contributed by atoms with Crippen LogP contribution in [0.15, 0.2) is 0 Å². The Morgan fingerprint density at radius 2 is 2.10 bits per heavy atom. The van der Waals surface area contributed by atoms with Crippen molar-refractivity contribution >= 4 is 5.97 Å². The zero-order chi connectivity index (χ0) is 15.8. The van der Waals surface area contributed by atoms with Crippen molar-refractivity contribution in [1.82, 2.24) is 0 Å². The van der Waals surface area contributed by atoms with Crippen LogP contribution in [0.4, 0.5) is 0 Å². The molecule has 0 saturated carbocycles. The lowest BCUT2D eigenvalue weighted by molar-refractivity contribution is -0.154. The number of ether oxygens (including phenoxy) is 3. The first-order chi connectivity index (χ1) is 9.95. The minimum absolute atomic E-state index is 0.0446. The van der Waals surface area contributed by atoms with Gasteiger partial charge in [0.25, 0.3) is 0 Å². The molecule has 0 aromatic heterocycles. The molecule has 1 saturated heterocycles. The molecular formula is C16H31NO4. The van der Waals surface area contributed by atoms with Crippen LogP contribution in [0, 0.1) is 11.8 Å².